The molecule has 1 N–H and O–H groups in total. The maximum absolute atomic E-state index is 14.6. The van der Waals surface area contributed by atoms with Crippen LogP contribution in [0.3, 0.4) is 0 Å². The molecule has 3 aromatic rings. The summed E-state index contributed by atoms with van der Waals surface area (Å²) in [6.07, 6.45) is 1.50. The number of nitriles is 1. The zero-order valence-electron chi connectivity index (χ0n) is 16.7. The molecule has 2 aromatic carbocycles. The summed E-state index contributed by atoms with van der Waals surface area (Å²) in [7, 11) is 1.47. The number of carbonyl (C=O) groups excluding carboxylic acids is 1. The quantitative estimate of drug-likeness (QED) is 0.537. The standard InChI is InChI=1S/C22H16Cl2FN3O3S/c1-31-9-8-27-20(29)15(12-26)22-28(18-5-3-2-4-17(18)25)21(30)19(32-22)10-13-6-7-14(23)11-16(13)24/h2-7,10-11H,8-9H2,1H3,(H,27,29)/b19-10-,22-15-. The van der Waals surface area contributed by atoms with Gasteiger partial charge in [-0.1, -0.05) is 41.4 Å². The number of hydrogen-bond acceptors (Lipinski definition) is 5. The van der Waals surface area contributed by atoms with Gasteiger partial charge in [-0.3, -0.25) is 14.2 Å². The first kappa shape index (κ1) is 23.7. The van der Waals surface area contributed by atoms with E-state index in [1.54, 1.807) is 18.2 Å². The number of hydrogen-bond donors (Lipinski definition) is 1. The number of halogens is 3. The van der Waals surface area contributed by atoms with Crippen molar-refractivity contribution in [3.05, 3.63) is 83.4 Å². The molecule has 3 rings (SSSR count). The minimum absolute atomic E-state index is 0.00569. The van der Waals surface area contributed by atoms with Crippen LogP contribution in [0.4, 0.5) is 4.39 Å². The number of ether oxygens (including phenoxy) is 1. The highest BCUT2D eigenvalue weighted by Gasteiger charge is 2.18. The van der Waals surface area contributed by atoms with E-state index in [9.17, 15) is 19.2 Å². The Hall–Kier alpha value is -2.96. The molecular weight excluding hydrogens is 476 g/mol. The van der Waals surface area contributed by atoms with Crippen LogP contribution in [0.2, 0.25) is 10.0 Å². The molecule has 1 heterocycles. The van der Waals surface area contributed by atoms with Crippen molar-refractivity contribution in [1.29, 1.82) is 5.26 Å². The minimum atomic E-state index is -0.702. The number of methoxy groups -OCH3 is 1. The van der Waals surface area contributed by atoms with Gasteiger partial charge in [-0.25, -0.2) is 4.39 Å². The second kappa shape index (κ2) is 10.6. The van der Waals surface area contributed by atoms with Crippen LogP contribution in [-0.4, -0.2) is 30.7 Å². The molecule has 164 valence electrons. The third kappa shape index (κ3) is 5.09. The largest absolute Gasteiger partial charge is 0.383 e. The molecule has 10 heteroatoms. The van der Waals surface area contributed by atoms with Gasteiger partial charge in [0.2, 0.25) is 0 Å². The zero-order chi connectivity index (χ0) is 23.3. The molecular formula is C22H16Cl2FN3O3S. The van der Waals surface area contributed by atoms with E-state index in [2.05, 4.69) is 5.32 Å². The lowest BCUT2D eigenvalue weighted by Gasteiger charge is -2.06. The van der Waals surface area contributed by atoms with E-state index < -0.39 is 17.3 Å². The average Bonchev–Trinajstić information content (AvgIpc) is 3.07. The molecule has 0 aliphatic heterocycles. The lowest BCUT2D eigenvalue weighted by molar-refractivity contribution is -0.115. The van der Waals surface area contributed by atoms with Crippen LogP contribution in [0, 0.1) is 17.1 Å². The van der Waals surface area contributed by atoms with E-state index in [0.717, 1.165) is 15.9 Å². The normalized spacial score (nSPS) is 12.4. The van der Waals surface area contributed by atoms with Crippen molar-refractivity contribution in [1.82, 2.24) is 9.88 Å². The highest BCUT2D eigenvalue weighted by atomic mass is 35.5. The second-order valence-corrected chi connectivity index (χ2v) is 8.28. The monoisotopic (exact) mass is 491 g/mol. The Bertz CT molecular complexity index is 1390. The highest BCUT2D eigenvalue weighted by Crippen LogP contribution is 2.21. The summed E-state index contributed by atoms with van der Waals surface area (Å²) in [5, 5.41) is 13.0. The number of thiazole rings is 1. The number of amides is 1. The summed E-state index contributed by atoms with van der Waals surface area (Å²) in [5.41, 5.74) is -0.500. The van der Waals surface area contributed by atoms with Gasteiger partial charge in [-0.15, -0.1) is 11.3 Å². The van der Waals surface area contributed by atoms with Crippen molar-refractivity contribution >= 4 is 52.1 Å². The Morgan fingerprint density at radius 2 is 2.06 bits per heavy atom. The molecule has 0 unspecified atom stereocenters. The van der Waals surface area contributed by atoms with Crippen LogP contribution in [0.25, 0.3) is 17.3 Å². The maximum atomic E-state index is 14.6. The SMILES string of the molecule is COCCNC(=O)/C(C#N)=c1\s/c(=C\c2ccc(Cl)cc2Cl)c(=O)n1-c1ccccc1F. The molecule has 32 heavy (non-hydrogen) atoms. The van der Waals surface area contributed by atoms with Gasteiger partial charge in [-0.05, 0) is 35.9 Å². The Balaban J connectivity index is 2.34. The number of nitrogens with zero attached hydrogens (tertiary/aromatic N) is 2. The fraction of sp³-hybridized carbons (Fsp3) is 0.136. The molecule has 0 saturated carbocycles. The third-order valence-electron chi connectivity index (χ3n) is 4.31. The second-order valence-electron chi connectivity index (χ2n) is 6.41. The summed E-state index contributed by atoms with van der Waals surface area (Å²) < 4.78 is 20.6. The zero-order valence-corrected chi connectivity index (χ0v) is 19.0. The molecule has 0 atom stereocenters. The molecule has 0 saturated heterocycles. The number of aromatic nitrogens is 1. The Labute approximate surface area is 196 Å². The highest BCUT2D eigenvalue weighted by molar-refractivity contribution is 7.07. The first-order chi connectivity index (χ1) is 15.4. The summed E-state index contributed by atoms with van der Waals surface area (Å²) in [6.45, 7) is 0.401. The topological polar surface area (TPSA) is 84.1 Å². The van der Waals surface area contributed by atoms with Gasteiger partial charge in [0.25, 0.3) is 11.5 Å². The van der Waals surface area contributed by atoms with Crippen molar-refractivity contribution < 1.29 is 13.9 Å². The maximum Gasteiger partial charge on any atom is 0.273 e. The van der Waals surface area contributed by atoms with Crippen molar-refractivity contribution in [2.24, 2.45) is 0 Å². The molecule has 0 bridgehead atoms. The van der Waals surface area contributed by atoms with Gasteiger partial charge in [0.1, 0.15) is 16.5 Å². The van der Waals surface area contributed by atoms with Gasteiger partial charge in [0, 0.05) is 23.7 Å². The number of nitrogens with one attached hydrogen (secondary N) is 1. The van der Waals surface area contributed by atoms with Gasteiger partial charge in [0.15, 0.2) is 5.57 Å². The molecule has 0 aliphatic rings. The average molecular weight is 492 g/mol. The van der Waals surface area contributed by atoms with Crippen LogP contribution in [0.15, 0.2) is 47.3 Å². The van der Waals surface area contributed by atoms with E-state index in [1.807, 2.05) is 6.07 Å². The number of carbonyl (C=O) groups is 1. The van der Waals surface area contributed by atoms with E-state index in [-0.39, 0.29) is 33.6 Å². The summed E-state index contributed by atoms with van der Waals surface area (Å²) in [5.74, 6) is -1.38. The number of rotatable bonds is 6. The van der Waals surface area contributed by atoms with Crippen molar-refractivity contribution in [2.45, 2.75) is 0 Å². The molecule has 0 fully saturated rings. The van der Waals surface area contributed by atoms with Crippen LogP contribution in [0.1, 0.15) is 5.56 Å². The van der Waals surface area contributed by atoms with Crippen LogP contribution < -0.4 is 20.1 Å². The fourth-order valence-corrected chi connectivity index (χ4v) is 4.36. The first-order valence-electron chi connectivity index (χ1n) is 9.22. The molecule has 1 amide bonds. The van der Waals surface area contributed by atoms with Crippen LogP contribution >= 0.6 is 34.5 Å². The van der Waals surface area contributed by atoms with Gasteiger partial charge >= 0.3 is 0 Å². The predicted molar refractivity (Wildman–Crippen MR) is 123 cm³/mol. The Kier molecular flexibility index (Phi) is 7.83. The third-order valence-corrected chi connectivity index (χ3v) is 5.97. The minimum Gasteiger partial charge on any atom is -0.383 e. The smallest absolute Gasteiger partial charge is 0.273 e. The van der Waals surface area contributed by atoms with Crippen molar-refractivity contribution in [2.75, 3.05) is 20.3 Å². The molecule has 6 nitrogen and oxygen atoms in total. The predicted octanol–water partition coefficient (Wildman–Crippen LogP) is 2.61. The lowest BCUT2D eigenvalue weighted by atomic mass is 10.2. The van der Waals surface area contributed by atoms with Crippen molar-refractivity contribution in [3.63, 3.8) is 0 Å². The molecule has 0 aliphatic carbocycles. The summed E-state index contributed by atoms with van der Waals surface area (Å²) in [4.78, 5) is 25.9. The number of para-hydroxylation sites is 1. The molecule has 0 radical (unpaired) electrons. The summed E-state index contributed by atoms with van der Waals surface area (Å²) in [6, 6.07) is 12.2. The van der Waals surface area contributed by atoms with Crippen LogP contribution in [-0.2, 0) is 9.53 Å². The van der Waals surface area contributed by atoms with Gasteiger partial charge in [-0.2, -0.15) is 5.26 Å². The fourth-order valence-electron chi connectivity index (χ4n) is 2.81. The summed E-state index contributed by atoms with van der Waals surface area (Å²) >= 11 is 13.0. The van der Waals surface area contributed by atoms with Crippen molar-refractivity contribution in [3.8, 4) is 11.8 Å². The van der Waals surface area contributed by atoms with Gasteiger partial charge < -0.3 is 10.1 Å². The first-order valence-corrected chi connectivity index (χ1v) is 10.8. The molecule has 1 aromatic heterocycles. The van der Waals surface area contributed by atoms with E-state index >= 15 is 0 Å². The Morgan fingerprint density at radius 3 is 2.72 bits per heavy atom. The number of benzene rings is 2. The Morgan fingerprint density at radius 1 is 1.31 bits per heavy atom. The van der Waals surface area contributed by atoms with Gasteiger partial charge in [0.05, 0.1) is 16.8 Å². The van der Waals surface area contributed by atoms with E-state index in [1.165, 1.54) is 37.5 Å². The molecule has 0 spiro atoms. The lowest BCUT2D eigenvalue weighted by Crippen LogP contribution is -2.35. The van der Waals surface area contributed by atoms with E-state index in [4.69, 9.17) is 27.9 Å². The van der Waals surface area contributed by atoms with Crippen LogP contribution in [0.5, 0.6) is 0 Å². The van der Waals surface area contributed by atoms with E-state index in [0.29, 0.717) is 15.6 Å².